The van der Waals surface area contributed by atoms with E-state index in [9.17, 15) is 4.79 Å². The van der Waals surface area contributed by atoms with Gasteiger partial charge in [0.05, 0.1) is 6.61 Å². The number of carbonyl (C=O) groups is 1. The van der Waals surface area contributed by atoms with Crippen molar-refractivity contribution in [2.45, 2.75) is 19.3 Å². The topological polar surface area (TPSA) is 50.4 Å². The van der Waals surface area contributed by atoms with Crippen LogP contribution in [0.4, 0.5) is 5.69 Å². The lowest BCUT2D eigenvalue weighted by Crippen LogP contribution is -2.24. The summed E-state index contributed by atoms with van der Waals surface area (Å²) in [6, 6.07) is 17.2. The van der Waals surface area contributed by atoms with E-state index in [1.807, 2.05) is 61.6 Å². The van der Waals surface area contributed by atoms with Crippen LogP contribution in [0.5, 0.6) is 5.75 Å². The summed E-state index contributed by atoms with van der Waals surface area (Å²) in [6.45, 7) is 1.40. The lowest BCUT2D eigenvalue weighted by Gasteiger charge is -2.08. The van der Waals surface area contributed by atoms with Gasteiger partial charge in [0.15, 0.2) is 0 Å². The Kier molecular flexibility index (Phi) is 6.98. The van der Waals surface area contributed by atoms with E-state index in [0.717, 1.165) is 30.7 Å². The van der Waals surface area contributed by atoms with Crippen molar-refractivity contribution in [2.75, 3.05) is 25.5 Å². The molecule has 2 N–H and O–H groups in total. The fourth-order valence-electron chi connectivity index (χ4n) is 2.21. The van der Waals surface area contributed by atoms with Gasteiger partial charge in [0.2, 0.25) is 0 Å². The predicted molar refractivity (Wildman–Crippen MR) is 94.1 cm³/mol. The van der Waals surface area contributed by atoms with Crippen molar-refractivity contribution in [3.63, 3.8) is 0 Å². The molecule has 4 heteroatoms. The Bertz CT molecular complexity index is 582. The lowest BCUT2D eigenvalue weighted by atomic mass is 10.2. The summed E-state index contributed by atoms with van der Waals surface area (Å²) in [7, 11) is 1.90. The first-order valence-electron chi connectivity index (χ1n) is 8.03. The molecule has 0 fully saturated rings. The van der Waals surface area contributed by atoms with E-state index in [1.54, 1.807) is 0 Å². The first kappa shape index (κ1) is 16.9. The molecule has 0 saturated heterocycles. The molecular weight excluding hydrogens is 288 g/mol. The van der Waals surface area contributed by atoms with Gasteiger partial charge in [-0.25, -0.2) is 0 Å². The molecule has 0 aliphatic heterocycles. The SMILES string of the molecule is CNc1ccc(OCCCCCNC(=O)c2ccccc2)cc1. The Hall–Kier alpha value is -2.49. The highest BCUT2D eigenvalue weighted by Gasteiger charge is 2.02. The third kappa shape index (κ3) is 6.02. The van der Waals surface area contributed by atoms with E-state index in [4.69, 9.17) is 4.74 Å². The quantitative estimate of drug-likeness (QED) is 0.694. The molecule has 0 bridgehead atoms. The van der Waals surface area contributed by atoms with Gasteiger partial charge in [0.1, 0.15) is 5.75 Å². The van der Waals surface area contributed by atoms with E-state index in [1.165, 1.54) is 0 Å². The van der Waals surface area contributed by atoms with Gasteiger partial charge in [0, 0.05) is 24.8 Å². The molecule has 1 amide bonds. The average Bonchev–Trinajstić information content (AvgIpc) is 2.62. The zero-order valence-electron chi connectivity index (χ0n) is 13.5. The van der Waals surface area contributed by atoms with Crippen LogP contribution in [-0.2, 0) is 0 Å². The van der Waals surface area contributed by atoms with Crippen LogP contribution in [0.1, 0.15) is 29.6 Å². The zero-order chi connectivity index (χ0) is 16.3. The molecular formula is C19H24N2O2. The molecule has 0 spiro atoms. The molecule has 23 heavy (non-hydrogen) atoms. The molecule has 0 atom stereocenters. The zero-order valence-corrected chi connectivity index (χ0v) is 13.5. The first-order chi connectivity index (χ1) is 11.3. The Morgan fingerprint density at radius 3 is 2.39 bits per heavy atom. The van der Waals surface area contributed by atoms with Crippen molar-refractivity contribution in [1.29, 1.82) is 0 Å². The van der Waals surface area contributed by atoms with Gasteiger partial charge < -0.3 is 15.4 Å². The van der Waals surface area contributed by atoms with Gasteiger partial charge in [-0.1, -0.05) is 18.2 Å². The largest absolute Gasteiger partial charge is 0.494 e. The standard InChI is InChI=1S/C19H24N2O2/c1-20-17-10-12-18(13-11-17)23-15-7-3-6-14-21-19(22)16-8-4-2-5-9-16/h2,4-5,8-13,20H,3,6-7,14-15H2,1H3,(H,21,22). The van der Waals surface area contributed by atoms with Crippen molar-refractivity contribution in [3.05, 3.63) is 60.2 Å². The molecule has 0 aliphatic carbocycles. The number of ether oxygens (including phenoxy) is 1. The van der Waals surface area contributed by atoms with Crippen LogP contribution in [0.3, 0.4) is 0 Å². The Balaban J connectivity index is 1.53. The summed E-state index contributed by atoms with van der Waals surface area (Å²) in [4.78, 5) is 11.8. The van der Waals surface area contributed by atoms with E-state index in [0.29, 0.717) is 18.7 Å². The van der Waals surface area contributed by atoms with Crippen LogP contribution in [-0.4, -0.2) is 26.1 Å². The number of rotatable bonds is 9. The smallest absolute Gasteiger partial charge is 0.251 e. The molecule has 0 unspecified atom stereocenters. The second-order valence-electron chi connectivity index (χ2n) is 5.31. The average molecular weight is 312 g/mol. The third-order valence-electron chi connectivity index (χ3n) is 3.55. The van der Waals surface area contributed by atoms with Crippen LogP contribution in [0.2, 0.25) is 0 Å². The summed E-state index contributed by atoms with van der Waals surface area (Å²) in [5, 5.41) is 6.01. The molecule has 0 aromatic heterocycles. The number of hydrogen-bond acceptors (Lipinski definition) is 3. The second-order valence-corrected chi connectivity index (χ2v) is 5.31. The predicted octanol–water partition coefficient (Wildman–Crippen LogP) is 3.71. The fourth-order valence-corrected chi connectivity index (χ4v) is 2.21. The highest BCUT2D eigenvalue weighted by Crippen LogP contribution is 2.15. The molecule has 2 rings (SSSR count). The molecule has 0 aliphatic rings. The summed E-state index contributed by atoms with van der Waals surface area (Å²) < 4.78 is 5.69. The summed E-state index contributed by atoms with van der Waals surface area (Å²) in [5.41, 5.74) is 1.78. The highest BCUT2D eigenvalue weighted by atomic mass is 16.5. The maximum atomic E-state index is 11.8. The second kappa shape index (κ2) is 9.51. The number of nitrogens with one attached hydrogen (secondary N) is 2. The van der Waals surface area contributed by atoms with Gasteiger partial charge in [-0.05, 0) is 55.7 Å². The van der Waals surface area contributed by atoms with E-state index < -0.39 is 0 Å². The Morgan fingerprint density at radius 2 is 1.70 bits per heavy atom. The molecule has 0 heterocycles. The van der Waals surface area contributed by atoms with Crippen LogP contribution in [0, 0.1) is 0 Å². The summed E-state index contributed by atoms with van der Waals surface area (Å²) in [6.07, 6.45) is 2.97. The van der Waals surface area contributed by atoms with E-state index in [2.05, 4.69) is 10.6 Å². The third-order valence-corrected chi connectivity index (χ3v) is 3.55. The van der Waals surface area contributed by atoms with Crippen molar-refractivity contribution in [1.82, 2.24) is 5.32 Å². The number of amides is 1. The minimum atomic E-state index is -0.00790. The van der Waals surface area contributed by atoms with Crippen LogP contribution >= 0.6 is 0 Å². The van der Waals surface area contributed by atoms with Crippen molar-refractivity contribution in [3.8, 4) is 5.75 Å². The van der Waals surface area contributed by atoms with Crippen LogP contribution < -0.4 is 15.4 Å². The molecule has 2 aromatic rings. The highest BCUT2D eigenvalue weighted by molar-refractivity contribution is 5.94. The summed E-state index contributed by atoms with van der Waals surface area (Å²) in [5.74, 6) is 0.882. The molecule has 0 radical (unpaired) electrons. The number of carbonyl (C=O) groups excluding carboxylic acids is 1. The number of hydrogen-bond donors (Lipinski definition) is 2. The monoisotopic (exact) mass is 312 g/mol. The lowest BCUT2D eigenvalue weighted by molar-refractivity contribution is 0.0953. The minimum Gasteiger partial charge on any atom is -0.494 e. The molecule has 4 nitrogen and oxygen atoms in total. The fraction of sp³-hybridized carbons (Fsp3) is 0.316. The maximum absolute atomic E-state index is 11.8. The van der Waals surface area contributed by atoms with Crippen LogP contribution in [0.25, 0.3) is 0 Å². The number of benzene rings is 2. The van der Waals surface area contributed by atoms with Gasteiger partial charge in [-0.15, -0.1) is 0 Å². The van der Waals surface area contributed by atoms with E-state index in [-0.39, 0.29) is 5.91 Å². The van der Waals surface area contributed by atoms with Gasteiger partial charge >= 0.3 is 0 Å². The van der Waals surface area contributed by atoms with Gasteiger partial charge in [-0.3, -0.25) is 4.79 Å². The number of unbranched alkanes of at least 4 members (excludes halogenated alkanes) is 2. The summed E-state index contributed by atoms with van der Waals surface area (Å²) >= 11 is 0. The Morgan fingerprint density at radius 1 is 0.957 bits per heavy atom. The molecule has 2 aromatic carbocycles. The van der Waals surface area contributed by atoms with Crippen molar-refractivity contribution < 1.29 is 9.53 Å². The van der Waals surface area contributed by atoms with Gasteiger partial charge in [0.25, 0.3) is 5.91 Å². The maximum Gasteiger partial charge on any atom is 0.251 e. The van der Waals surface area contributed by atoms with Gasteiger partial charge in [-0.2, -0.15) is 0 Å². The van der Waals surface area contributed by atoms with Crippen molar-refractivity contribution in [2.24, 2.45) is 0 Å². The molecule has 0 saturated carbocycles. The Labute approximate surface area is 137 Å². The normalized spacial score (nSPS) is 10.1. The molecule has 122 valence electrons. The van der Waals surface area contributed by atoms with Crippen LogP contribution in [0.15, 0.2) is 54.6 Å². The first-order valence-corrected chi connectivity index (χ1v) is 8.03. The minimum absolute atomic E-state index is 0.00790. The number of anilines is 1. The van der Waals surface area contributed by atoms with E-state index >= 15 is 0 Å². The van der Waals surface area contributed by atoms with Crippen molar-refractivity contribution >= 4 is 11.6 Å².